The van der Waals surface area contributed by atoms with E-state index in [1.807, 2.05) is 4.90 Å². The zero-order chi connectivity index (χ0) is 14.9. The Morgan fingerprint density at radius 2 is 2.05 bits per heavy atom. The first-order chi connectivity index (χ1) is 9.47. The number of esters is 1. The first kappa shape index (κ1) is 14.6. The number of ether oxygens (including phenoxy) is 1. The number of rotatable bonds is 4. The third-order valence-corrected chi connectivity index (χ3v) is 3.67. The summed E-state index contributed by atoms with van der Waals surface area (Å²) in [6.45, 7) is 3.28. The van der Waals surface area contributed by atoms with E-state index in [1.165, 1.54) is 0 Å². The van der Waals surface area contributed by atoms with Crippen molar-refractivity contribution in [2.75, 3.05) is 43.6 Å². The molecule has 0 amide bonds. The van der Waals surface area contributed by atoms with E-state index >= 15 is 0 Å². The van der Waals surface area contributed by atoms with Gasteiger partial charge in [0.2, 0.25) is 0 Å². The lowest BCUT2D eigenvalue weighted by atomic mass is 9.96. The highest BCUT2D eigenvalue weighted by molar-refractivity contribution is 5.78. The van der Waals surface area contributed by atoms with Crippen molar-refractivity contribution >= 4 is 17.3 Å². The van der Waals surface area contributed by atoms with Crippen molar-refractivity contribution in [2.45, 2.75) is 19.8 Å². The average Bonchev–Trinajstić information content (AvgIpc) is 2.43. The number of carbonyl (C=O) groups excluding carboxylic acids is 1. The van der Waals surface area contributed by atoms with Crippen molar-refractivity contribution in [3.63, 3.8) is 0 Å². The number of hydrogen-bond acceptors (Lipinski definition) is 6. The Labute approximate surface area is 117 Å². The van der Waals surface area contributed by atoms with Crippen molar-refractivity contribution in [3.05, 3.63) is 20.4 Å². The van der Waals surface area contributed by atoms with Crippen LogP contribution in [0.25, 0.3) is 0 Å². The van der Waals surface area contributed by atoms with Crippen LogP contribution in [0.15, 0.2) is 9.59 Å². The highest BCUT2D eigenvalue weighted by atomic mass is 16.5. The fraction of sp³-hybridized carbons (Fsp3) is 0.643. The number of nitrogens with zero attached hydrogens (tertiary/aromatic N) is 2. The van der Waals surface area contributed by atoms with Gasteiger partial charge in [-0.15, -0.1) is 0 Å². The molecule has 1 heterocycles. The van der Waals surface area contributed by atoms with Crippen LogP contribution in [-0.2, 0) is 9.53 Å². The fourth-order valence-corrected chi connectivity index (χ4v) is 2.71. The van der Waals surface area contributed by atoms with E-state index in [9.17, 15) is 14.4 Å². The molecule has 20 heavy (non-hydrogen) atoms. The van der Waals surface area contributed by atoms with E-state index in [0.717, 1.165) is 12.8 Å². The summed E-state index contributed by atoms with van der Waals surface area (Å²) in [6, 6.07) is 0. The molecule has 2 rings (SSSR count). The van der Waals surface area contributed by atoms with Crippen LogP contribution in [0.4, 0.5) is 11.4 Å². The van der Waals surface area contributed by atoms with Crippen molar-refractivity contribution in [1.29, 1.82) is 0 Å². The number of anilines is 2. The van der Waals surface area contributed by atoms with Gasteiger partial charge >= 0.3 is 5.97 Å². The molecule has 1 fully saturated rings. The van der Waals surface area contributed by atoms with Crippen molar-refractivity contribution in [2.24, 2.45) is 5.92 Å². The van der Waals surface area contributed by atoms with Gasteiger partial charge in [-0.2, -0.15) is 0 Å². The molecule has 6 heteroatoms. The summed E-state index contributed by atoms with van der Waals surface area (Å²) >= 11 is 0. The summed E-state index contributed by atoms with van der Waals surface area (Å²) in [6.07, 6.45) is 1.58. The van der Waals surface area contributed by atoms with Gasteiger partial charge in [-0.05, 0) is 19.8 Å². The lowest BCUT2D eigenvalue weighted by Gasteiger charge is -2.35. The first-order valence-corrected chi connectivity index (χ1v) is 6.89. The Morgan fingerprint density at radius 1 is 1.35 bits per heavy atom. The lowest BCUT2D eigenvalue weighted by molar-refractivity contribution is -0.148. The Morgan fingerprint density at radius 3 is 2.65 bits per heavy atom. The quantitative estimate of drug-likeness (QED) is 0.577. The highest BCUT2D eigenvalue weighted by Crippen LogP contribution is 2.28. The molecule has 0 saturated carbocycles. The Kier molecular flexibility index (Phi) is 4.11. The number of carbonyl (C=O) groups is 1. The largest absolute Gasteiger partial charge is 0.466 e. The standard InChI is InChI=1S/C14H20N2O4/c1-4-20-14(19)9-6-5-7-16(8-9)11-10(15(2)3)12(17)13(11)18/h9H,4-8H2,1-3H3. The molecule has 110 valence electrons. The van der Waals surface area contributed by atoms with Gasteiger partial charge in [0.05, 0.1) is 12.5 Å². The maximum atomic E-state index is 11.8. The first-order valence-electron chi connectivity index (χ1n) is 6.89. The molecule has 1 saturated heterocycles. The van der Waals surface area contributed by atoms with Gasteiger partial charge in [0.1, 0.15) is 11.4 Å². The molecule has 6 nitrogen and oxygen atoms in total. The topological polar surface area (TPSA) is 66.9 Å². The minimum atomic E-state index is -0.446. The molecule has 0 bridgehead atoms. The summed E-state index contributed by atoms with van der Waals surface area (Å²) < 4.78 is 5.04. The number of piperidine rings is 1. The molecule has 0 aromatic heterocycles. The third kappa shape index (κ3) is 2.42. The monoisotopic (exact) mass is 280 g/mol. The molecule has 1 unspecified atom stereocenters. The molecule has 0 aliphatic carbocycles. The van der Waals surface area contributed by atoms with E-state index in [2.05, 4.69) is 0 Å². The summed E-state index contributed by atoms with van der Waals surface area (Å²) in [5.41, 5.74) is 0.00924. The normalized spacial score (nSPS) is 19.1. The van der Waals surface area contributed by atoms with Crippen LogP contribution in [0.1, 0.15) is 19.8 Å². The van der Waals surface area contributed by atoms with Gasteiger partial charge in [-0.1, -0.05) is 0 Å². The van der Waals surface area contributed by atoms with E-state index < -0.39 is 10.9 Å². The van der Waals surface area contributed by atoms with Crippen LogP contribution in [0, 0.1) is 5.92 Å². The predicted molar refractivity (Wildman–Crippen MR) is 77.3 cm³/mol. The third-order valence-electron chi connectivity index (χ3n) is 3.67. The summed E-state index contributed by atoms with van der Waals surface area (Å²) in [4.78, 5) is 38.7. The molecule has 1 atom stereocenters. The Balaban J connectivity index is 2.18. The summed E-state index contributed by atoms with van der Waals surface area (Å²) in [5, 5.41) is 0. The van der Waals surface area contributed by atoms with Gasteiger partial charge in [0.15, 0.2) is 0 Å². The Bertz CT molecular complexity index is 572. The molecule has 1 aliphatic rings. The maximum Gasteiger partial charge on any atom is 0.310 e. The molecular weight excluding hydrogens is 260 g/mol. The van der Waals surface area contributed by atoms with Crippen LogP contribution >= 0.6 is 0 Å². The summed E-state index contributed by atoms with van der Waals surface area (Å²) in [5.74, 6) is -0.439. The predicted octanol–water partition coefficient (Wildman–Crippen LogP) is 0.128. The minimum absolute atomic E-state index is 0.219. The molecule has 0 spiro atoms. The van der Waals surface area contributed by atoms with Crippen LogP contribution in [-0.4, -0.2) is 39.8 Å². The molecule has 1 aromatic rings. The molecule has 1 aliphatic heterocycles. The minimum Gasteiger partial charge on any atom is -0.466 e. The smallest absolute Gasteiger partial charge is 0.310 e. The summed E-state index contributed by atoms with van der Waals surface area (Å²) in [7, 11) is 3.49. The van der Waals surface area contributed by atoms with Crippen molar-refractivity contribution in [1.82, 2.24) is 0 Å². The molecule has 1 aromatic carbocycles. The van der Waals surface area contributed by atoms with Crippen LogP contribution < -0.4 is 20.7 Å². The van der Waals surface area contributed by atoms with Gasteiger partial charge in [-0.25, -0.2) is 0 Å². The Hall–Kier alpha value is -1.85. The van der Waals surface area contributed by atoms with E-state index in [-0.39, 0.29) is 11.9 Å². The van der Waals surface area contributed by atoms with Crippen LogP contribution in [0.3, 0.4) is 0 Å². The molecule has 0 radical (unpaired) electrons. The molecule has 0 N–H and O–H groups in total. The van der Waals surface area contributed by atoms with Crippen molar-refractivity contribution in [3.8, 4) is 0 Å². The molecular formula is C14H20N2O4. The maximum absolute atomic E-state index is 11.8. The van der Waals surface area contributed by atoms with E-state index in [0.29, 0.717) is 31.1 Å². The van der Waals surface area contributed by atoms with E-state index in [4.69, 9.17) is 4.74 Å². The SMILES string of the molecule is CCOC(=O)C1CCCN(c2c(N(C)C)c(=O)c2=O)C1. The zero-order valence-corrected chi connectivity index (χ0v) is 12.1. The lowest BCUT2D eigenvalue weighted by Crippen LogP contribution is -2.48. The van der Waals surface area contributed by atoms with E-state index in [1.54, 1.807) is 25.9 Å². The second-order valence-electron chi connectivity index (χ2n) is 5.29. The van der Waals surface area contributed by atoms with Gasteiger partial charge in [0, 0.05) is 27.2 Å². The highest BCUT2D eigenvalue weighted by Gasteiger charge is 2.33. The van der Waals surface area contributed by atoms with Gasteiger partial charge in [-0.3, -0.25) is 14.4 Å². The van der Waals surface area contributed by atoms with Gasteiger partial charge < -0.3 is 14.5 Å². The van der Waals surface area contributed by atoms with Crippen LogP contribution in [0.2, 0.25) is 0 Å². The van der Waals surface area contributed by atoms with Crippen molar-refractivity contribution < 1.29 is 9.53 Å². The second-order valence-corrected chi connectivity index (χ2v) is 5.29. The van der Waals surface area contributed by atoms with Crippen LogP contribution in [0.5, 0.6) is 0 Å². The fourth-order valence-electron chi connectivity index (χ4n) is 2.71. The zero-order valence-electron chi connectivity index (χ0n) is 12.1. The average molecular weight is 280 g/mol. The van der Waals surface area contributed by atoms with Gasteiger partial charge in [0.25, 0.3) is 10.9 Å². The second kappa shape index (κ2) is 5.64. The number of hydrogen-bond donors (Lipinski definition) is 0.